The van der Waals surface area contributed by atoms with Gasteiger partial charge in [0.2, 0.25) is 0 Å². The minimum atomic E-state index is -0.0127. The van der Waals surface area contributed by atoms with Gasteiger partial charge < -0.3 is 18.8 Å². The highest BCUT2D eigenvalue weighted by Crippen LogP contribution is 2.29. The van der Waals surface area contributed by atoms with Crippen molar-refractivity contribution in [3.8, 4) is 5.75 Å². The number of carbonyl (C=O) groups is 1. The lowest BCUT2D eigenvalue weighted by atomic mass is 10.1. The lowest BCUT2D eigenvalue weighted by Gasteiger charge is -2.35. The molecular formula is C17H21NO4. The van der Waals surface area contributed by atoms with Gasteiger partial charge in [-0.05, 0) is 39.0 Å². The molecule has 2 heterocycles. The summed E-state index contributed by atoms with van der Waals surface area (Å²) in [5.74, 6) is 0.674. The molecule has 5 heteroatoms. The number of fused-ring (bicyclic) bond motifs is 1. The van der Waals surface area contributed by atoms with Crippen molar-refractivity contribution >= 4 is 16.9 Å². The summed E-state index contributed by atoms with van der Waals surface area (Å²) >= 11 is 0. The number of hydrogen-bond donors (Lipinski definition) is 0. The van der Waals surface area contributed by atoms with Crippen LogP contribution in [0.25, 0.3) is 11.0 Å². The van der Waals surface area contributed by atoms with Gasteiger partial charge in [-0.1, -0.05) is 0 Å². The van der Waals surface area contributed by atoms with E-state index in [9.17, 15) is 4.79 Å². The van der Waals surface area contributed by atoms with Gasteiger partial charge in [0.25, 0.3) is 5.91 Å². The van der Waals surface area contributed by atoms with Crippen molar-refractivity contribution in [1.29, 1.82) is 0 Å². The van der Waals surface area contributed by atoms with Crippen LogP contribution in [0.1, 0.15) is 31.1 Å². The molecule has 2 aromatic rings. The van der Waals surface area contributed by atoms with Gasteiger partial charge in [-0.15, -0.1) is 0 Å². The molecule has 5 nitrogen and oxygen atoms in total. The lowest BCUT2D eigenvalue weighted by Crippen LogP contribution is -2.48. The van der Waals surface area contributed by atoms with Gasteiger partial charge in [-0.2, -0.15) is 0 Å². The molecular weight excluding hydrogens is 282 g/mol. The molecule has 1 aromatic carbocycles. The Hall–Kier alpha value is -2.01. The number of amides is 1. The maximum atomic E-state index is 12.8. The van der Waals surface area contributed by atoms with E-state index in [1.807, 2.05) is 31.7 Å². The van der Waals surface area contributed by atoms with Gasteiger partial charge in [0, 0.05) is 18.7 Å². The molecule has 1 aromatic heterocycles. The van der Waals surface area contributed by atoms with Crippen molar-refractivity contribution in [1.82, 2.24) is 4.90 Å². The van der Waals surface area contributed by atoms with Gasteiger partial charge in [0.15, 0.2) is 0 Å². The van der Waals surface area contributed by atoms with E-state index in [0.29, 0.717) is 36.6 Å². The van der Waals surface area contributed by atoms with Crippen LogP contribution < -0.4 is 4.74 Å². The van der Waals surface area contributed by atoms with E-state index >= 15 is 0 Å². The first-order valence-corrected chi connectivity index (χ1v) is 7.67. The normalized spacial score (nSPS) is 22.0. The van der Waals surface area contributed by atoms with Crippen molar-refractivity contribution in [2.75, 3.05) is 19.7 Å². The first-order chi connectivity index (χ1) is 10.6. The highest BCUT2D eigenvalue weighted by atomic mass is 16.5. The zero-order valence-electron chi connectivity index (χ0n) is 13.2. The zero-order valence-corrected chi connectivity index (χ0v) is 13.2. The highest BCUT2D eigenvalue weighted by molar-refractivity contribution is 5.99. The Morgan fingerprint density at radius 1 is 1.32 bits per heavy atom. The number of furan rings is 1. The van der Waals surface area contributed by atoms with E-state index in [4.69, 9.17) is 13.9 Å². The van der Waals surface area contributed by atoms with E-state index in [0.717, 1.165) is 5.39 Å². The summed E-state index contributed by atoms with van der Waals surface area (Å²) in [4.78, 5) is 14.6. The monoisotopic (exact) mass is 303 g/mol. The van der Waals surface area contributed by atoms with Gasteiger partial charge in [0.1, 0.15) is 11.3 Å². The third kappa shape index (κ3) is 2.81. The summed E-state index contributed by atoms with van der Waals surface area (Å²) < 4.78 is 16.8. The molecule has 3 rings (SSSR count). The average molecular weight is 303 g/mol. The molecule has 118 valence electrons. The lowest BCUT2D eigenvalue weighted by molar-refractivity contribution is -0.0586. The van der Waals surface area contributed by atoms with Gasteiger partial charge in [0.05, 0.1) is 30.5 Å². The molecule has 1 fully saturated rings. The molecule has 0 aliphatic carbocycles. The molecule has 0 saturated carbocycles. The SMILES string of the molecule is CCOc1cc(C(=O)N2C[C@@H](C)O[C@@H](C)C2)cc2occc12. The fourth-order valence-corrected chi connectivity index (χ4v) is 2.96. The van der Waals surface area contributed by atoms with Gasteiger partial charge in [-0.25, -0.2) is 0 Å². The molecule has 2 atom stereocenters. The van der Waals surface area contributed by atoms with Crippen molar-refractivity contribution in [2.24, 2.45) is 0 Å². The van der Waals surface area contributed by atoms with E-state index in [1.54, 1.807) is 18.4 Å². The number of ether oxygens (including phenoxy) is 2. The van der Waals surface area contributed by atoms with Crippen molar-refractivity contribution in [3.63, 3.8) is 0 Å². The second-order valence-electron chi connectivity index (χ2n) is 5.71. The smallest absolute Gasteiger partial charge is 0.254 e. The van der Waals surface area contributed by atoms with Crippen LogP contribution in [0.4, 0.5) is 0 Å². The van der Waals surface area contributed by atoms with E-state index in [-0.39, 0.29) is 18.1 Å². The van der Waals surface area contributed by atoms with Gasteiger partial charge in [-0.3, -0.25) is 4.79 Å². The van der Waals surface area contributed by atoms with E-state index in [2.05, 4.69) is 0 Å². The van der Waals surface area contributed by atoms with Crippen LogP contribution in [0.5, 0.6) is 5.75 Å². The number of hydrogen-bond acceptors (Lipinski definition) is 4. The van der Waals surface area contributed by atoms with Crippen LogP contribution in [-0.2, 0) is 4.74 Å². The summed E-state index contributed by atoms with van der Waals surface area (Å²) in [6.07, 6.45) is 1.71. The van der Waals surface area contributed by atoms with Crippen LogP contribution in [0.15, 0.2) is 28.9 Å². The first-order valence-electron chi connectivity index (χ1n) is 7.67. The number of morpholine rings is 1. The van der Waals surface area contributed by atoms with Crippen molar-refractivity contribution in [3.05, 3.63) is 30.0 Å². The van der Waals surface area contributed by atoms with Crippen molar-refractivity contribution in [2.45, 2.75) is 33.0 Å². The molecule has 0 unspecified atom stereocenters. The molecule has 0 bridgehead atoms. The van der Waals surface area contributed by atoms with Crippen LogP contribution in [-0.4, -0.2) is 42.7 Å². The second-order valence-corrected chi connectivity index (χ2v) is 5.71. The second kappa shape index (κ2) is 6.01. The Balaban J connectivity index is 1.93. The Morgan fingerprint density at radius 3 is 2.73 bits per heavy atom. The molecule has 0 spiro atoms. The average Bonchev–Trinajstić information content (AvgIpc) is 2.94. The molecule has 1 saturated heterocycles. The minimum Gasteiger partial charge on any atom is -0.493 e. The topological polar surface area (TPSA) is 51.9 Å². The number of benzene rings is 1. The van der Waals surface area contributed by atoms with Crippen LogP contribution in [0.3, 0.4) is 0 Å². The maximum Gasteiger partial charge on any atom is 0.254 e. The Kier molecular flexibility index (Phi) is 4.07. The molecule has 0 radical (unpaired) electrons. The highest BCUT2D eigenvalue weighted by Gasteiger charge is 2.27. The molecule has 0 N–H and O–H groups in total. The molecule has 1 aliphatic rings. The van der Waals surface area contributed by atoms with Crippen molar-refractivity contribution < 1.29 is 18.7 Å². The summed E-state index contributed by atoms with van der Waals surface area (Å²) in [7, 11) is 0. The Bertz CT molecular complexity index is 668. The van der Waals surface area contributed by atoms with Crippen LogP contribution >= 0.6 is 0 Å². The number of nitrogens with zero attached hydrogens (tertiary/aromatic N) is 1. The summed E-state index contributed by atoms with van der Waals surface area (Å²) in [5.41, 5.74) is 1.26. The van der Waals surface area contributed by atoms with Crippen LogP contribution in [0, 0.1) is 0 Å². The standard InChI is InChI=1S/C17H21NO4/c1-4-20-15-7-13(8-16-14(15)5-6-21-16)17(19)18-9-11(2)22-12(3)10-18/h5-8,11-12H,4,9-10H2,1-3H3/t11-,12+. The van der Waals surface area contributed by atoms with Gasteiger partial charge >= 0.3 is 0 Å². The predicted molar refractivity (Wildman–Crippen MR) is 83.3 cm³/mol. The minimum absolute atomic E-state index is 0.0127. The third-order valence-electron chi connectivity index (χ3n) is 3.79. The Labute approximate surface area is 129 Å². The summed E-state index contributed by atoms with van der Waals surface area (Å²) in [6, 6.07) is 5.44. The maximum absolute atomic E-state index is 12.8. The van der Waals surface area contributed by atoms with E-state index in [1.165, 1.54) is 0 Å². The van der Waals surface area contributed by atoms with E-state index < -0.39 is 0 Å². The predicted octanol–water partition coefficient (Wildman–Crippen LogP) is 3.08. The quantitative estimate of drug-likeness (QED) is 0.874. The molecule has 1 aliphatic heterocycles. The molecule has 1 amide bonds. The zero-order chi connectivity index (χ0) is 15.7. The van der Waals surface area contributed by atoms with Crippen LogP contribution in [0.2, 0.25) is 0 Å². The summed E-state index contributed by atoms with van der Waals surface area (Å²) in [5, 5.41) is 0.891. The molecule has 22 heavy (non-hydrogen) atoms. The number of rotatable bonds is 3. The fourth-order valence-electron chi connectivity index (χ4n) is 2.96. The third-order valence-corrected chi connectivity index (χ3v) is 3.79. The number of carbonyl (C=O) groups excluding carboxylic acids is 1. The Morgan fingerprint density at radius 2 is 2.05 bits per heavy atom. The fraction of sp³-hybridized carbons (Fsp3) is 0.471. The largest absolute Gasteiger partial charge is 0.493 e. The first kappa shape index (κ1) is 14.9. The summed E-state index contributed by atoms with van der Waals surface area (Å²) in [6.45, 7) is 7.64.